The van der Waals surface area contributed by atoms with E-state index in [1.54, 1.807) is 37.4 Å². The van der Waals surface area contributed by atoms with E-state index in [2.05, 4.69) is 10.2 Å². The van der Waals surface area contributed by atoms with Crippen LogP contribution in [0.15, 0.2) is 48.5 Å². The van der Waals surface area contributed by atoms with Gasteiger partial charge in [-0.15, -0.1) is 0 Å². The number of amides is 1. The molecule has 1 aromatic heterocycles. The number of alkyl halides is 2. The first-order chi connectivity index (χ1) is 14.4. The number of hydrogen-bond donors (Lipinski definition) is 2. The van der Waals surface area contributed by atoms with Crippen LogP contribution in [0.3, 0.4) is 0 Å². The first-order valence-corrected chi connectivity index (χ1v) is 9.56. The second-order valence-electron chi connectivity index (χ2n) is 7.13. The lowest BCUT2D eigenvalue weighted by molar-refractivity contribution is -0.00826. The van der Waals surface area contributed by atoms with Crippen LogP contribution in [0.25, 0.3) is 11.3 Å². The smallest absolute Gasteiger partial charge is 0.276 e. The molecule has 0 saturated heterocycles. The number of methoxy groups -OCH3 is 1. The van der Waals surface area contributed by atoms with Gasteiger partial charge in [0.25, 0.3) is 11.8 Å². The highest BCUT2D eigenvalue weighted by Gasteiger charge is 2.37. The van der Waals surface area contributed by atoms with Gasteiger partial charge in [-0.2, -0.15) is 5.10 Å². The number of β-amino-alcohol motifs (C(OH)–C–C–N with tert-alkyl or cyclic N) is 1. The summed E-state index contributed by atoms with van der Waals surface area (Å²) in [5.74, 6) is -2.75. The number of ether oxygens (including phenoxy) is 1. The molecule has 0 fully saturated rings. The van der Waals surface area contributed by atoms with Crippen LogP contribution in [0, 0.1) is 0 Å². The number of aromatic nitrogens is 2. The molecule has 156 valence electrons. The van der Waals surface area contributed by atoms with E-state index in [1.165, 1.54) is 30.0 Å². The Kier molecular flexibility index (Phi) is 5.03. The number of carbonyl (C=O) groups is 1. The summed E-state index contributed by atoms with van der Waals surface area (Å²) in [5, 5.41) is 17.7. The van der Waals surface area contributed by atoms with Crippen molar-refractivity contribution in [2.24, 2.45) is 0 Å². The summed E-state index contributed by atoms with van der Waals surface area (Å²) in [6.07, 6.45) is -1.37. The molecule has 1 unspecified atom stereocenters. The first kappa shape index (κ1) is 20.0. The molecule has 0 aliphatic carbocycles. The van der Waals surface area contributed by atoms with E-state index in [0.717, 1.165) is 5.56 Å². The molecule has 6 nitrogen and oxygen atoms in total. The second-order valence-corrected chi connectivity index (χ2v) is 7.13. The van der Waals surface area contributed by atoms with E-state index < -0.39 is 17.9 Å². The van der Waals surface area contributed by atoms with Crippen LogP contribution in [0.2, 0.25) is 0 Å². The van der Waals surface area contributed by atoms with Crippen molar-refractivity contribution >= 4 is 11.6 Å². The molecule has 0 saturated carbocycles. The van der Waals surface area contributed by atoms with Gasteiger partial charge < -0.3 is 14.7 Å². The number of aliphatic hydroxyl groups excluding tert-OH is 1. The van der Waals surface area contributed by atoms with Crippen LogP contribution in [0.1, 0.15) is 41.1 Å². The van der Waals surface area contributed by atoms with E-state index in [9.17, 15) is 18.7 Å². The van der Waals surface area contributed by atoms with Gasteiger partial charge in [0, 0.05) is 28.8 Å². The standard InChI is InChI=1S/C22H21F2N3O3/c1-3-22(23,24)14-5-4-6-15(11-14)27-12-17(28)18-19(25-26-20(18)21(27)29)13-7-9-16(30-2)10-8-13/h4-11,17,28H,3,12H2,1-2H3,(H,25,26). The zero-order valence-electron chi connectivity index (χ0n) is 16.5. The lowest BCUT2D eigenvalue weighted by Crippen LogP contribution is -2.40. The largest absolute Gasteiger partial charge is 0.497 e. The Bertz CT molecular complexity index is 1080. The molecule has 1 atom stereocenters. The fourth-order valence-corrected chi connectivity index (χ4v) is 3.62. The molecule has 2 heterocycles. The number of rotatable bonds is 5. The highest BCUT2D eigenvalue weighted by Crippen LogP contribution is 2.38. The predicted octanol–water partition coefficient (Wildman–Crippen LogP) is 4.28. The van der Waals surface area contributed by atoms with E-state index >= 15 is 0 Å². The lowest BCUT2D eigenvalue weighted by atomic mass is 9.96. The van der Waals surface area contributed by atoms with Gasteiger partial charge in [-0.05, 0) is 36.4 Å². The molecule has 1 aliphatic heterocycles. The number of H-pyrrole nitrogens is 1. The molecule has 8 heteroatoms. The molecule has 0 bridgehead atoms. The van der Waals surface area contributed by atoms with E-state index in [0.29, 0.717) is 22.7 Å². The van der Waals surface area contributed by atoms with Crippen molar-refractivity contribution in [1.29, 1.82) is 0 Å². The van der Waals surface area contributed by atoms with Gasteiger partial charge in [-0.1, -0.05) is 19.1 Å². The maximum Gasteiger partial charge on any atom is 0.276 e. The molecule has 4 rings (SSSR count). The minimum absolute atomic E-state index is 0.0599. The zero-order chi connectivity index (χ0) is 21.5. The zero-order valence-corrected chi connectivity index (χ0v) is 16.5. The molecule has 3 aromatic rings. The molecule has 30 heavy (non-hydrogen) atoms. The molecule has 2 N–H and O–H groups in total. The molecule has 0 radical (unpaired) electrons. The number of nitrogens with one attached hydrogen (secondary N) is 1. The van der Waals surface area contributed by atoms with Gasteiger partial charge in [0.1, 0.15) is 17.5 Å². The monoisotopic (exact) mass is 413 g/mol. The number of aliphatic hydroxyl groups is 1. The van der Waals surface area contributed by atoms with Crippen molar-refractivity contribution < 1.29 is 23.4 Å². The normalized spacial score (nSPS) is 16.5. The fourth-order valence-electron chi connectivity index (χ4n) is 3.62. The Labute approximate surface area is 172 Å². The van der Waals surface area contributed by atoms with E-state index in [-0.39, 0.29) is 24.2 Å². The molecular formula is C22H21F2N3O3. The predicted molar refractivity (Wildman–Crippen MR) is 108 cm³/mol. The molecule has 0 spiro atoms. The van der Waals surface area contributed by atoms with Crippen molar-refractivity contribution in [2.45, 2.75) is 25.4 Å². The highest BCUT2D eigenvalue weighted by molar-refractivity contribution is 6.08. The summed E-state index contributed by atoms with van der Waals surface area (Å²) in [7, 11) is 1.56. The number of fused-ring (bicyclic) bond motifs is 1. The van der Waals surface area contributed by atoms with Crippen molar-refractivity contribution in [3.63, 3.8) is 0 Å². The van der Waals surface area contributed by atoms with Gasteiger partial charge in [0.2, 0.25) is 0 Å². The Balaban J connectivity index is 1.70. The minimum atomic E-state index is -2.99. The number of aromatic amines is 1. The summed E-state index contributed by atoms with van der Waals surface area (Å²) < 4.78 is 33.4. The number of hydrogen-bond acceptors (Lipinski definition) is 4. The van der Waals surface area contributed by atoms with Crippen molar-refractivity contribution in [1.82, 2.24) is 10.2 Å². The molecular weight excluding hydrogens is 392 g/mol. The summed E-state index contributed by atoms with van der Waals surface area (Å²) in [6, 6.07) is 12.8. The summed E-state index contributed by atoms with van der Waals surface area (Å²) in [4.78, 5) is 14.4. The Morgan fingerprint density at radius 2 is 2.00 bits per heavy atom. The van der Waals surface area contributed by atoms with Crippen LogP contribution >= 0.6 is 0 Å². The Morgan fingerprint density at radius 3 is 2.67 bits per heavy atom. The van der Waals surface area contributed by atoms with E-state index in [4.69, 9.17) is 4.74 Å². The molecule has 1 aliphatic rings. The van der Waals surface area contributed by atoms with Crippen LogP contribution in [-0.2, 0) is 5.92 Å². The van der Waals surface area contributed by atoms with Crippen LogP contribution < -0.4 is 9.64 Å². The number of anilines is 1. The number of benzene rings is 2. The van der Waals surface area contributed by atoms with Gasteiger partial charge in [-0.25, -0.2) is 8.78 Å². The third-order valence-electron chi connectivity index (χ3n) is 5.34. The highest BCUT2D eigenvalue weighted by atomic mass is 19.3. The Hall–Kier alpha value is -3.26. The lowest BCUT2D eigenvalue weighted by Gasteiger charge is -2.30. The maximum atomic E-state index is 14.1. The first-order valence-electron chi connectivity index (χ1n) is 9.56. The minimum Gasteiger partial charge on any atom is -0.497 e. The number of halogens is 2. The molecule has 2 aromatic carbocycles. The van der Waals surface area contributed by atoms with E-state index in [1.807, 2.05) is 0 Å². The number of nitrogens with zero attached hydrogens (tertiary/aromatic N) is 2. The van der Waals surface area contributed by atoms with Gasteiger partial charge in [0.15, 0.2) is 0 Å². The summed E-state index contributed by atoms with van der Waals surface area (Å²) in [6.45, 7) is 1.34. The van der Waals surface area contributed by atoms with Gasteiger partial charge >= 0.3 is 0 Å². The fraction of sp³-hybridized carbons (Fsp3) is 0.273. The number of carbonyl (C=O) groups excluding carboxylic acids is 1. The van der Waals surface area contributed by atoms with Crippen molar-refractivity contribution in [3.05, 3.63) is 65.4 Å². The van der Waals surface area contributed by atoms with Gasteiger partial charge in [0.05, 0.1) is 19.3 Å². The average molecular weight is 413 g/mol. The van der Waals surface area contributed by atoms with Crippen LogP contribution in [0.5, 0.6) is 5.75 Å². The third-order valence-corrected chi connectivity index (χ3v) is 5.34. The van der Waals surface area contributed by atoms with Gasteiger partial charge in [-0.3, -0.25) is 9.89 Å². The summed E-state index contributed by atoms with van der Waals surface area (Å²) >= 11 is 0. The van der Waals surface area contributed by atoms with Crippen LogP contribution in [-0.4, -0.2) is 34.9 Å². The van der Waals surface area contributed by atoms with Crippen molar-refractivity contribution in [3.8, 4) is 17.0 Å². The van der Waals surface area contributed by atoms with Crippen molar-refractivity contribution in [2.75, 3.05) is 18.6 Å². The summed E-state index contributed by atoms with van der Waals surface area (Å²) in [5.41, 5.74) is 1.87. The third kappa shape index (κ3) is 3.33. The average Bonchev–Trinajstić information content (AvgIpc) is 3.22. The topological polar surface area (TPSA) is 78.5 Å². The quantitative estimate of drug-likeness (QED) is 0.654. The SMILES string of the molecule is CCC(F)(F)c1cccc(N2CC(O)c3c(-c4ccc(OC)cc4)n[nH]c3C2=O)c1. The second kappa shape index (κ2) is 7.53. The maximum absolute atomic E-state index is 14.1. The molecule has 1 amide bonds. The Morgan fingerprint density at radius 1 is 1.27 bits per heavy atom. The van der Waals surface area contributed by atoms with Crippen LogP contribution in [0.4, 0.5) is 14.5 Å².